The zero-order chi connectivity index (χ0) is 12.0. The molecule has 7 heteroatoms. The first-order valence-corrected chi connectivity index (χ1v) is 6.89. The fourth-order valence-corrected chi connectivity index (χ4v) is 2.71. The van der Waals surface area contributed by atoms with Gasteiger partial charge in [-0.1, -0.05) is 0 Å². The molecule has 0 amide bonds. The normalized spacial score (nSPS) is 13.9. The molecule has 92 valence electrons. The van der Waals surface area contributed by atoms with Gasteiger partial charge in [-0.2, -0.15) is 5.10 Å². The first kappa shape index (κ1) is 13.1. The number of unbranched alkanes of at least 4 members (excludes halogenated alkanes) is 1. The lowest BCUT2D eigenvalue weighted by atomic mass is 10.2. The lowest BCUT2D eigenvalue weighted by Crippen LogP contribution is -2.29. The van der Waals surface area contributed by atoms with Crippen molar-refractivity contribution in [3.63, 3.8) is 0 Å². The number of sulfonamides is 1. The Morgan fingerprint density at radius 1 is 1.56 bits per heavy atom. The maximum Gasteiger partial charge on any atom is 0.212 e. The predicted octanol–water partition coefficient (Wildman–Crippen LogP) is 0.129. The summed E-state index contributed by atoms with van der Waals surface area (Å²) >= 11 is 0. The molecule has 0 bridgehead atoms. The van der Waals surface area contributed by atoms with E-state index in [9.17, 15) is 8.42 Å². The van der Waals surface area contributed by atoms with Crippen LogP contribution in [0.1, 0.15) is 31.4 Å². The molecule has 1 heterocycles. The topological polar surface area (TPSA) is 101 Å². The van der Waals surface area contributed by atoms with Gasteiger partial charge in [0.1, 0.15) is 0 Å². The van der Waals surface area contributed by atoms with Crippen LogP contribution in [-0.2, 0) is 10.0 Å². The van der Waals surface area contributed by atoms with Crippen molar-refractivity contribution in [1.29, 1.82) is 0 Å². The summed E-state index contributed by atoms with van der Waals surface area (Å²) in [5, 5.41) is 6.42. The molecule has 0 radical (unpaired) electrons. The fraction of sp³-hybridized carbons (Fsp3) is 0.667. The van der Waals surface area contributed by atoms with E-state index in [-0.39, 0.29) is 11.8 Å². The highest BCUT2D eigenvalue weighted by Crippen LogP contribution is 2.11. The molecule has 4 N–H and O–H groups in total. The molecule has 6 nitrogen and oxygen atoms in total. The third-order valence-corrected chi connectivity index (χ3v) is 3.78. The van der Waals surface area contributed by atoms with Crippen LogP contribution in [0.25, 0.3) is 0 Å². The van der Waals surface area contributed by atoms with E-state index in [2.05, 4.69) is 14.9 Å². The van der Waals surface area contributed by atoms with Crippen LogP contribution in [0.4, 0.5) is 0 Å². The van der Waals surface area contributed by atoms with Crippen LogP contribution < -0.4 is 10.5 Å². The Hall–Kier alpha value is -0.920. The molecule has 0 aliphatic carbocycles. The van der Waals surface area contributed by atoms with E-state index in [0.29, 0.717) is 13.0 Å². The number of nitrogens with two attached hydrogens (primary N) is 1. The largest absolute Gasteiger partial charge is 0.330 e. The van der Waals surface area contributed by atoms with Crippen LogP contribution in [-0.4, -0.2) is 30.9 Å². The molecule has 0 aromatic carbocycles. The molecule has 0 saturated heterocycles. The Morgan fingerprint density at radius 3 is 2.88 bits per heavy atom. The quantitative estimate of drug-likeness (QED) is 0.595. The minimum absolute atomic E-state index is 0.117. The van der Waals surface area contributed by atoms with E-state index >= 15 is 0 Å². The van der Waals surface area contributed by atoms with Gasteiger partial charge in [-0.15, -0.1) is 0 Å². The summed E-state index contributed by atoms with van der Waals surface area (Å²) in [6.07, 6.45) is 4.59. The van der Waals surface area contributed by atoms with Crippen LogP contribution >= 0.6 is 0 Å². The van der Waals surface area contributed by atoms with Crippen LogP contribution in [0.3, 0.4) is 0 Å². The van der Waals surface area contributed by atoms with Gasteiger partial charge in [0.2, 0.25) is 10.0 Å². The zero-order valence-electron chi connectivity index (χ0n) is 9.31. The third kappa shape index (κ3) is 4.30. The molecule has 1 rings (SSSR count). The summed E-state index contributed by atoms with van der Waals surface area (Å²) in [6, 6.07) is -0.262. The molecule has 0 fully saturated rings. The van der Waals surface area contributed by atoms with Crippen LogP contribution in [0.15, 0.2) is 12.4 Å². The highest BCUT2D eigenvalue weighted by atomic mass is 32.2. The number of nitrogens with zero attached hydrogens (tertiary/aromatic N) is 1. The van der Waals surface area contributed by atoms with Crippen molar-refractivity contribution in [1.82, 2.24) is 14.9 Å². The second-order valence-electron chi connectivity index (χ2n) is 3.69. The van der Waals surface area contributed by atoms with E-state index in [1.54, 1.807) is 19.3 Å². The Balaban J connectivity index is 2.46. The number of nitrogens with one attached hydrogen (secondary N) is 2. The monoisotopic (exact) mass is 246 g/mol. The second-order valence-corrected chi connectivity index (χ2v) is 5.56. The van der Waals surface area contributed by atoms with Crippen LogP contribution in [0.2, 0.25) is 0 Å². The number of aromatic nitrogens is 2. The average molecular weight is 246 g/mol. The minimum Gasteiger partial charge on any atom is -0.330 e. The number of hydrogen-bond acceptors (Lipinski definition) is 4. The van der Waals surface area contributed by atoms with Gasteiger partial charge in [-0.25, -0.2) is 13.1 Å². The first-order valence-electron chi connectivity index (χ1n) is 5.24. The van der Waals surface area contributed by atoms with Crippen molar-refractivity contribution in [3.8, 4) is 0 Å². The lowest BCUT2D eigenvalue weighted by molar-refractivity contribution is 0.563. The SMILES string of the molecule is CC(NS(=O)(=O)CCCCN)c1cn[nH]c1. The lowest BCUT2D eigenvalue weighted by Gasteiger charge is -2.12. The Labute approximate surface area is 95.7 Å². The summed E-state index contributed by atoms with van der Waals surface area (Å²) in [7, 11) is -3.23. The maximum absolute atomic E-state index is 11.6. The standard InChI is InChI=1S/C9H18N4O2S/c1-8(9-6-11-12-7-9)13-16(14,15)5-3-2-4-10/h6-8,13H,2-5,10H2,1H3,(H,11,12). The van der Waals surface area contributed by atoms with Gasteiger partial charge in [-0.3, -0.25) is 5.10 Å². The highest BCUT2D eigenvalue weighted by molar-refractivity contribution is 7.89. The number of H-pyrrole nitrogens is 1. The number of aromatic amines is 1. The third-order valence-electron chi connectivity index (χ3n) is 2.24. The van der Waals surface area contributed by atoms with E-state index < -0.39 is 10.0 Å². The van der Waals surface area contributed by atoms with Crippen LogP contribution in [0, 0.1) is 0 Å². The molecule has 0 aliphatic rings. The number of hydrogen-bond donors (Lipinski definition) is 3. The Bertz CT molecular complexity index is 388. The van der Waals surface area contributed by atoms with E-state index in [0.717, 1.165) is 12.0 Å². The summed E-state index contributed by atoms with van der Waals surface area (Å²) < 4.78 is 25.8. The first-order chi connectivity index (χ1) is 7.55. The van der Waals surface area contributed by atoms with Crippen molar-refractivity contribution in [2.45, 2.75) is 25.8 Å². The molecule has 0 saturated carbocycles. The van der Waals surface area contributed by atoms with Crippen molar-refractivity contribution < 1.29 is 8.42 Å². The molecule has 16 heavy (non-hydrogen) atoms. The second kappa shape index (κ2) is 5.97. The maximum atomic E-state index is 11.6. The molecule has 1 atom stereocenters. The average Bonchev–Trinajstić information content (AvgIpc) is 2.69. The van der Waals surface area contributed by atoms with E-state index in [1.165, 1.54) is 0 Å². The van der Waals surface area contributed by atoms with E-state index in [1.807, 2.05) is 0 Å². The zero-order valence-corrected chi connectivity index (χ0v) is 10.1. The van der Waals surface area contributed by atoms with Gasteiger partial charge in [0.25, 0.3) is 0 Å². The van der Waals surface area contributed by atoms with Gasteiger partial charge in [-0.05, 0) is 26.3 Å². The Morgan fingerprint density at radius 2 is 2.31 bits per heavy atom. The summed E-state index contributed by atoms with van der Waals surface area (Å²) in [6.45, 7) is 2.30. The van der Waals surface area contributed by atoms with Gasteiger partial charge in [0.15, 0.2) is 0 Å². The van der Waals surface area contributed by atoms with E-state index in [4.69, 9.17) is 5.73 Å². The highest BCUT2D eigenvalue weighted by Gasteiger charge is 2.15. The summed E-state index contributed by atoms with van der Waals surface area (Å²) in [4.78, 5) is 0. The molecule has 0 spiro atoms. The molecule has 1 unspecified atom stereocenters. The minimum atomic E-state index is -3.23. The van der Waals surface area contributed by atoms with Crippen molar-refractivity contribution in [3.05, 3.63) is 18.0 Å². The molecular formula is C9H18N4O2S. The molecule has 1 aromatic heterocycles. The smallest absolute Gasteiger partial charge is 0.212 e. The summed E-state index contributed by atoms with van der Waals surface area (Å²) in [5.41, 5.74) is 6.13. The summed E-state index contributed by atoms with van der Waals surface area (Å²) in [5.74, 6) is 0.117. The predicted molar refractivity (Wildman–Crippen MR) is 62.2 cm³/mol. The fourth-order valence-electron chi connectivity index (χ4n) is 1.33. The van der Waals surface area contributed by atoms with Gasteiger partial charge in [0.05, 0.1) is 11.9 Å². The van der Waals surface area contributed by atoms with Crippen molar-refractivity contribution in [2.24, 2.45) is 5.73 Å². The molecular weight excluding hydrogens is 228 g/mol. The van der Waals surface area contributed by atoms with Gasteiger partial charge < -0.3 is 5.73 Å². The van der Waals surface area contributed by atoms with Crippen molar-refractivity contribution in [2.75, 3.05) is 12.3 Å². The number of rotatable bonds is 7. The Kier molecular flexibility index (Phi) is 4.91. The van der Waals surface area contributed by atoms with Gasteiger partial charge >= 0.3 is 0 Å². The van der Waals surface area contributed by atoms with Gasteiger partial charge in [0, 0.05) is 17.8 Å². The molecule has 0 aliphatic heterocycles. The van der Waals surface area contributed by atoms with Crippen LogP contribution in [0.5, 0.6) is 0 Å². The van der Waals surface area contributed by atoms with Crippen molar-refractivity contribution >= 4 is 10.0 Å². The molecule has 1 aromatic rings.